The molecule has 0 unspecified atom stereocenters. The summed E-state index contributed by atoms with van der Waals surface area (Å²) in [7, 11) is 0. The van der Waals surface area contributed by atoms with E-state index in [0.717, 1.165) is 17.7 Å². The van der Waals surface area contributed by atoms with E-state index in [0.29, 0.717) is 11.7 Å². The van der Waals surface area contributed by atoms with Gasteiger partial charge in [0.25, 0.3) is 0 Å². The molecule has 5 nitrogen and oxygen atoms in total. The molecular formula is C19H28N2O3S. The molecule has 0 aliphatic carbocycles. The first-order chi connectivity index (χ1) is 11.8. The number of ether oxygens (including phenoxy) is 1. The minimum atomic E-state index is -0.540. The van der Waals surface area contributed by atoms with Crippen molar-refractivity contribution in [2.45, 2.75) is 58.6 Å². The van der Waals surface area contributed by atoms with Crippen LogP contribution in [0.4, 0.5) is 10.5 Å². The summed E-state index contributed by atoms with van der Waals surface area (Å²) in [5.41, 5.74) is 1.86. The molecule has 1 N–H and O–H groups in total. The normalized spacial score (nSPS) is 20.2. The predicted octanol–water partition coefficient (Wildman–Crippen LogP) is 4.27. The molecule has 1 aromatic carbocycles. The summed E-state index contributed by atoms with van der Waals surface area (Å²) >= 11 is 1.65. The number of urea groups is 1. The van der Waals surface area contributed by atoms with Crippen molar-refractivity contribution in [1.29, 1.82) is 0 Å². The van der Waals surface area contributed by atoms with E-state index < -0.39 is 6.04 Å². The summed E-state index contributed by atoms with van der Waals surface area (Å²) in [4.78, 5) is 27.0. The molecule has 1 aromatic rings. The van der Waals surface area contributed by atoms with E-state index in [2.05, 4.69) is 19.2 Å². The lowest BCUT2D eigenvalue weighted by molar-refractivity contribution is -0.151. The zero-order valence-corrected chi connectivity index (χ0v) is 16.4. The SMILES string of the molecule is Cc1ccc(NC(=O)N2[C@H](CC(C)C)SC[C@H]2C(=O)OC(C)C)cc1. The molecule has 0 saturated carbocycles. The second-order valence-corrected chi connectivity index (χ2v) is 8.33. The Kier molecular flexibility index (Phi) is 6.76. The summed E-state index contributed by atoms with van der Waals surface area (Å²) in [5.74, 6) is 0.685. The lowest BCUT2D eigenvalue weighted by atomic mass is 10.1. The number of hydrogen-bond donors (Lipinski definition) is 1. The number of thioether (sulfide) groups is 1. The molecule has 1 saturated heterocycles. The van der Waals surface area contributed by atoms with Crippen molar-refractivity contribution in [2.75, 3.05) is 11.1 Å². The Morgan fingerprint density at radius 1 is 1.24 bits per heavy atom. The summed E-state index contributed by atoms with van der Waals surface area (Å²) in [5, 5.41) is 2.90. The molecule has 2 amide bonds. The molecule has 138 valence electrons. The standard InChI is InChI=1S/C19H28N2O3S/c1-12(2)10-17-21(16(11-25-17)18(22)24-13(3)4)19(23)20-15-8-6-14(5)7-9-15/h6-9,12-13,16-17H,10-11H2,1-5H3,(H,20,23)/t16-,17-/m0/s1. The third kappa shape index (κ3) is 5.39. The second-order valence-electron chi connectivity index (χ2n) is 7.12. The molecule has 2 rings (SSSR count). The number of carbonyl (C=O) groups excluding carboxylic acids is 2. The van der Waals surface area contributed by atoms with Gasteiger partial charge in [-0.15, -0.1) is 11.8 Å². The average Bonchev–Trinajstić information content (AvgIpc) is 2.92. The first-order valence-electron chi connectivity index (χ1n) is 8.76. The Morgan fingerprint density at radius 3 is 2.44 bits per heavy atom. The van der Waals surface area contributed by atoms with E-state index in [1.165, 1.54) is 0 Å². The number of nitrogens with zero attached hydrogens (tertiary/aromatic N) is 1. The molecule has 0 aromatic heterocycles. The number of anilines is 1. The minimum Gasteiger partial charge on any atom is -0.461 e. The van der Waals surface area contributed by atoms with Gasteiger partial charge in [-0.25, -0.2) is 9.59 Å². The second kappa shape index (κ2) is 8.61. The monoisotopic (exact) mass is 364 g/mol. The predicted molar refractivity (Wildman–Crippen MR) is 103 cm³/mol. The maximum atomic E-state index is 12.9. The Hall–Kier alpha value is -1.69. The molecule has 6 heteroatoms. The zero-order chi connectivity index (χ0) is 18.6. The van der Waals surface area contributed by atoms with Crippen LogP contribution in [0.2, 0.25) is 0 Å². The summed E-state index contributed by atoms with van der Waals surface area (Å²) in [6.07, 6.45) is 0.654. The smallest absolute Gasteiger partial charge is 0.330 e. The van der Waals surface area contributed by atoms with Gasteiger partial charge in [-0.05, 0) is 45.2 Å². The van der Waals surface area contributed by atoms with Crippen molar-refractivity contribution in [3.63, 3.8) is 0 Å². The third-order valence-electron chi connectivity index (χ3n) is 3.93. The topological polar surface area (TPSA) is 58.6 Å². The van der Waals surface area contributed by atoms with E-state index in [1.54, 1.807) is 16.7 Å². The van der Waals surface area contributed by atoms with Crippen molar-refractivity contribution in [3.8, 4) is 0 Å². The number of aryl methyl sites for hydroxylation is 1. The van der Waals surface area contributed by atoms with Crippen molar-refractivity contribution in [2.24, 2.45) is 5.92 Å². The summed E-state index contributed by atoms with van der Waals surface area (Å²) < 4.78 is 5.36. The lowest BCUT2D eigenvalue weighted by Gasteiger charge is -2.29. The van der Waals surface area contributed by atoms with Crippen molar-refractivity contribution in [3.05, 3.63) is 29.8 Å². The highest BCUT2D eigenvalue weighted by atomic mass is 32.2. The fourth-order valence-corrected chi connectivity index (χ4v) is 4.36. The van der Waals surface area contributed by atoms with E-state index in [1.807, 2.05) is 45.0 Å². The molecule has 1 aliphatic rings. The Labute approximate surface area is 154 Å². The largest absolute Gasteiger partial charge is 0.461 e. The summed E-state index contributed by atoms with van der Waals surface area (Å²) in [6, 6.07) is 6.85. The van der Waals surface area contributed by atoms with Gasteiger partial charge in [0.2, 0.25) is 0 Å². The number of benzene rings is 1. The first-order valence-corrected chi connectivity index (χ1v) is 9.81. The highest BCUT2D eigenvalue weighted by Gasteiger charge is 2.42. The van der Waals surface area contributed by atoms with Crippen LogP contribution in [0.25, 0.3) is 0 Å². The van der Waals surface area contributed by atoms with Gasteiger partial charge in [0.15, 0.2) is 0 Å². The van der Waals surface area contributed by atoms with E-state index >= 15 is 0 Å². The molecular weight excluding hydrogens is 336 g/mol. The number of rotatable bonds is 5. The molecule has 1 fully saturated rings. The van der Waals surface area contributed by atoms with E-state index in [9.17, 15) is 9.59 Å². The number of amides is 2. The first kappa shape index (κ1) is 19.6. The van der Waals surface area contributed by atoms with Crippen molar-refractivity contribution in [1.82, 2.24) is 4.90 Å². The van der Waals surface area contributed by atoms with Crippen LogP contribution in [0.5, 0.6) is 0 Å². The van der Waals surface area contributed by atoms with E-state index in [-0.39, 0.29) is 23.5 Å². The maximum Gasteiger partial charge on any atom is 0.330 e. The van der Waals surface area contributed by atoms with Crippen LogP contribution in [0.1, 0.15) is 39.7 Å². The fourth-order valence-electron chi connectivity index (χ4n) is 2.74. The number of carbonyl (C=O) groups is 2. The number of nitrogens with one attached hydrogen (secondary N) is 1. The number of esters is 1. The third-order valence-corrected chi connectivity index (χ3v) is 5.24. The minimum absolute atomic E-state index is 0.0184. The molecule has 25 heavy (non-hydrogen) atoms. The summed E-state index contributed by atoms with van der Waals surface area (Å²) in [6.45, 7) is 9.89. The molecule has 0 radical (unpaired) electrons. The van der Waals surface area contributed by atoms with Gasteiger partial charge in [0.05, 0.1) is 11.5 Å². The van der Waals surface area contributed by atoms with Gasteiger partial charge in [-0.3, -0.25) is 4.90 Å². The van der Waals surface area contributed by atoms with Gasteiger partial charge >= 0.3 is 12.0 Å². The van der Waals surface area contributed by atoms with Crippen LogP contribution >= 0.6 is 11.8 Å². The quantitative estimate of drug-likeness (QED) is 0.793. The van der Waals surface area contributed by atoms with Crippen LogP contribution in [0, 0.1) is 12.8 Å². The lowest BCUT2D eigenvalue weighted by Crippen LogP contribution is -2.48. The molecule has 2 atom stereocenters. The van der Waals surface area contributed by atoms with Crippen molar-refractivity contribution < 1.29 is 14.3 Å². The Bertz CT molecular complexity index is 601. The van der Waals surface area contributed by atoms with Crippen LogP contribution in [-0.4, -0.2) is 40.2 Å². The van der Waals surface area contributed by atoms with E-state index in [4.69, 9.17) is 4.74 Å². The Balaban J connectivity index is 2.16. The van der Waals surface area contributed by atoms with Gasteiger partial charge < -0.3 is 10.1 Å². The van der Waals surface area contributed by atoms with Gasteiger partial charge in [0, 0.05) is 11.4 Å². The highest BCUT2D eigenvalue weighted by Crippen LogP contribution is 2.34. The van der Waals surface area contributed by atoms with Crippen LogP contribution < -0.4 is 5.32 Å². The Morgan fingerprint density at radius 2 is 1.88 bits per heavy atom. The van der Waals surface area contributed by atoms with Crippen molar-refractivity contribution >= 4 is 29.4 Å². The molecule has 0 spiro atoms. The maximum absolute atomic E-state index is 12.9. The van der Waals surface area contributed by atoms with Gasteiger partial charge in [-0.1, -0.05) is 31.5 Å². The molecule has 0 bridgehead atoms. The van der Waals surface area contributed by atoms with Crippen LogP contribution in [-0.2, 0) is 9.53 Å². The number of hydrogen-bond acceptors (Lipinski definition) is 4. The fraction of sp³-hybridized carbons (Fsp3) is 0.579. The average molecular weight is 365 g/mol. The zero-order valence-electron chi connectivity index (χ0n) is 15.6. The van der Waals surface area contributed by atoms with Crippen LogP contribution in [0.3, 0.4) is 0 Å². The molecule has 1 heterocycles. The van der Waals surface area contributed by atoms with Crippen LogP contribution in [0.15, 0.2) is 24.3 Å². The molecule has 1 aliphatic heterocycles. The highest BCUT2D eigenvalue weighted by molar-refractivity contribution is 8.00. The van der Waals surface area contributed by atoms with Gasteiger partial charge in [-0.2, -0.15) is 0 Å². The van der Waals surface area contributed by atoms with Gasteiger partial charge in [0.1, 0.15) is 6.04 Å².